The number of amides is 2. The van der Waals surface area contributed by atoms with E-state index in [1.165, 1.54) is 6.08 Å². The molecule has 3 rings (SSSR count). The Morgan fingerprint density at radius 1 is 1.04 bits per heavy atom. The molecule has 0 aromatic carbocycles. The Bertz CT molecular complexity index is 1360. The molecular formula is C40H52N2O4. The molecule has 0 saturated heterocycles. The molecule has 0 N–H and O–H groups in total. The summed E-state index contributed by atoms with van der Waals surface area (Å²) in [6, 6.07) is 0. The van der Waals surface area contributed by atoms with Crippen LogP contribution in [0.2, 0.25) is 0 Å². The van der Waals surface area contributed by atoms with E-state index >= 15 is 0 Å². The van der Waals surface area contributed by atoms with E-state index < -0.39 is 5.60 Å². The van der Waals surface area contributed by atoms with Crippen molar-refractivity contribution in [3.63, 3.8) is 0 Å². The molecule has 3 atom stereocenters. The van der Waals surface area contributed by atoms with Gasteiger partial charge in [0, 0.05) is 50.8 Å². The van der Waals surface area contributed by atoms with Gasteiger partial charge in [-0.05, 0) is 70.1 Å². The maximum absolute atomic E-state index is 13.1. The van der Waals surface area contributed by atoms with Gasteiger partial charge in [-0.1, -0.05) is 98.6 Å². The highest BCUT2D eigenvalue weighted by atomic mass is 16.5. The van der Waals surface area contributed by atoms with E-state index in [-0.39, 0.29) is 35.2 Å². The maximum atomic E-state index is 13.1. The van der Waals surface area contributed by atoms with Crippen molar-refractivity contribution in [1.29, 1.82) is 0 Å². The van der Waals surface area contributed by atoms with E-state index in [1.807, 2.05) is 18.4 Å². The molecule has 2 aliphatic heterocycles. The van der Waals surface area contributed by atoms with Gasteiger partial charge in [0.2, 0.25) is 17.3 Å². The predicted molar refractivity (Wildman–Crippen MR) is 187 cm³/mol. The lowest BCUT2D eigenvalue weighted by Gasteiger charge is -2.30. The largest absolute Gasteiger partial charge is 0.468 e. The molecule has 6 nitrogen and oxygen atoms in total. The van der Waals surface area contributed by atoms with Gasteiger partial charge >= 0.3 is 0 Å². The van der Waals surface area contributed by atoms with Crippen molar-refractivity contribution in [2.24, 2.45) is 11.8 Å². The van der Waals surface area contributed by atoms with Gasteiger partial charge < -0.3 is 14.5 Å². The molecule has 0 saturated carbocycles. The normalized spacial score (nSPS) is 22.1. The van der Waals surface area contributed by atoms with Gasteiger partial charge in [0.25, 0.3) is 5.91 Å². The number of carbonyl (C=O) groups is 3. The number of likely N-dealkylation sites (N-methyl/N-ethyl adjacent to an activating group) is 1. The zero-order chi connectivity index (χ0) is 33.2. The van der Waals surface area contributed by atoms with Crippen LogP contribution < -0.4 is 0 Å². The van der Waals surface area contributed by atoms with Crippen LogP contribution in [0, 0.1) is 23.7 Å². The highest BCUT2D eigenvalue weighted by molar-refractivity contribution is 6.09. The van der Waals surface area contributed by atoms with Gasteiger partial charge in [0.15, 0.2) is 5.76 Å². The Kier molecular flexibility index (Phi) is 15.3. The topological polar surface area (TPSA) is 66.9 Å². The smallest absolute Gasteiger partial charge is 0.288 e. The molecule has 1 aliphatic carbocycles. The minimum absolute atomic E-state index is 0.0568. The number of rotatable bonds is 17. The summed E-state index contributed by atoms with van der Waals surface area (Å²) in [4.78, 5) is 42.1. The monoisotopic (exact) mass is 624 g/mol. The van der Waals surface area contributed by atoms with Gasteiger partial charge in [0.1, 0.15) is 0 Å². The van der Waals surface area contributed by atoms with Gasteiger partial charge in [-0.15, -0.1) is 0 Å². The molecule has 3 unspecified atom stereocenters. The molecule has 0 aromatic rings. The fourth-order valence-corrected chi connectivity index (χ4v) is 5.42. The lowest BCUT2D eigenvalue weighted by molar-refractivity contribution is -0.134. The van der Waals surface area contributed by atoms with Crippen LogP contribution in [0.25, 0.3) is 0 Å². The Hall–Kier alpha value is -4.11. The van der Waals surface area contributed by atoms with Crippen LogP contribution in [0.15, 0.2) is 96.5 Å². The summed E-state index contributed by atoms with van der Waals surface area (Å²) in [7, 11) is 1.72. The number of allylic oxidation sites excluding steroid dienone is 11. The lowest BCUT2D eigenvalue weighted by Crippen LogP contribution is -2.39. The average molecular weight is 625 g/mol. The summed E-state index contributed by atoms with van der Waals surface area (Å²) in [5.74, 6) is 6.00. The Balaban J connectivity index is 1.31. The van der Waals surface area contributed by atoms with Crippen LogP contribution >= 0.6 is 0 Å². The molecule has 246 valence electrons. The number of nitrogens with zero attached hydrogens (tertiary/aromatic N) is 2. The highest BCUT2D eigenvalue weighted by Crippen LogP contribution is 2.33. The SMILES string of the molecule is CC/C=C\C/C=C\C/C=C\C/C=C\C/C=C\CC(C)CC(=O)N1C=CC(CN(C)C(=O)C2=CC(=O)C(C)(C3=CCCC#C3)O2)CC1. The second-order valence-electron chi connectivity index (χ2n) is 12.4. The summed E-state index contributed by atoms with van der Waals surface area (Å²) in [5, 5.41) is 0. The van der Waals surface area contributed by atoms with E-state index in [1.54, 1.807) is 23.8 Å². The molecule has 0 spiro atoms. The predicted octanol–water partition coefficient (Wildman–Crippen LogP) is 7.94. The summed E-state index contributed by atoms with van der Waals surface area (Å²) in [5.41, 5.74) is -0.604. The van der Waals surface area contributed by atoms with Gasteiger partial charge in [-0.25, -0.2) is 0 Å². The first-order valence-corrected chi connectivity index (χ1v) is 16.9. The highest BCUT2D eigenvalue weighted by Gasteiger charge is 2.45. The third kappa shape index (κ3) is 11.7. The van der Waals surface area contributed by atoms with Crippen LogP contribution in [0.4, 0.5) is 0 Å². The third-order valence-electron chi connectivity index (χ3n) is 8.29. The molecule has 0 aromatic heterocycles. The van der Waals surface area contributed by atoms with Crippen molar-refractivity contribution in [3.05, 3.63) is 96.5 Å². The van der Waals surface area contributed by atoms with Crippen LogP contribution in [0.5, 0.6) is 0 Å². The molecule has 0 radical (unpaired) electrons. The molecule has 0 bridgehead atoms. The minimum atomic E-state index is -1.23. The van der Waals surface area contributed by atoms with Crippen molar-refractivity contribution in [2.75, 3.05) is 20.1 Å². The van der Waals surface area contributed by atoms with Gasteiger partial charge in [0.05, 0.1) is 0 Å². The van der Waals surface area contributed by atoms with E-state index in [4.69, 9.17) is 4.74 Å². The fraction of sp³-hybridized carbons (Fsp3) is 0.475. The molecule has 6 heteroatoms. The second kappa shape index (κ2) is 19.4. The van der Waals surface area contributed by atoms with Crippen LogP contribution in [0.1, 0.15) is 85.0 Å². The Morgan fingerprint density at radius 3 is 2.24 bits per heavy atom. The number of ketones is 1. The summed E-state index contributed by atoms with van der Waals surface area (Å²) < 4.78 is 5.91. The van der Waals surface area contributed by atoms with E-state index in [0.717, 1.165) is 57.8 Å². The van der Waals surface area contributed by atoms with E-state index in [9.17, 15) is 14.4 Å². The maximum Gasteiger partial charge on any atom is 0.288 e. The molecule has 2 amide bonds. The van der Waals surface area contributed by atoms with E-state index in [0.29, 0.717) is 25.1 Å². The van der Waals surface area contributed by atoms with Crippen molar-refractivity contribution in [1.82, 2.24) is 9.80 Å². The van der Waals surface area contributed by atoms with E-state index in [2.05, 4.69) is 86.4 Å². The Morgan fingerprint density at radius 2 is 1.67 bits per heavy atom. The quantitative estimate of drug-likeness (QED) is 0.122. The third-order valence-corrected chi connectivity index (χ3v) is 8.29. The Labute approximate surface area is 277 Å². The molecule has 46 heavy (non-hydrogen) atoms. The van der Waals surface area contributed by atoms with Crippen molar-refractivity contribution in [3.8, 4) is 11.8 Å². The zero-order valence-electron chi connectivity index (χ0n) is 28.3. The number of hydrogen-bond donors (Lipinski definition) is 0. The van der Waals surface area contributed by atoms with Crippen molar-refractivity contribution >= 4 is 17.6 Å². The molecular weight excluding hydrogens is 572 g/mol. The van der Waals surface area contributed by atoms with Crippen LogP contribution in [-0.2, 0) is 19.1 Å². The van der Waals surface area contributed by atoms with Gasteiger partial charge in [-0.3, -0.25) is 14.4 Å². The summed E-state index contributed by atoms with van der Waals surface area (Å²) in [6.07, 6.45) is 37.6. The zero-order valence-corrected chi connectivity index (χ0v) is 28.3. The molecule has 0 fully saturated rings. The first kappa shape index (κ1) is 36.4. The summed E-state index contributed by atoms with van der Waals surface area (Å²) in [6.45, 7) is 7.04. The standard InChI is InChI=1S/C40H52N2O4/c1-5-6-7-8-9-10-11-12-13-14-15-16-17-18-20-23-33(2)30-38(44)42-28-26-34(27-29-42)32-41(4)39(45)36-31-37(43)40(3,46-36)35-24-21-19-22-25-35/h6-7,9-10,12-13,15-16,18,20,24,26,28,31,33-34H,5,8,11,14,17,19,21,23,27,29-30,32H2,1-4H3/b7-6-,10-9-,13-12-,16-15-,20-18-. The van der Waals surface area contributed by atoms with Crippen molar-refractivity contribution < 1.29 is 19.1 Å². The minimum Gasteiger partial charge on any atom is -0.468 e. The van der Waals surface area contributed by atoms with Crippen molar-refractivity contribution in [2.45, 2.75) is 90.6 Å². The first-order chi connectivity index (χ1) is 22.2. The number of hydrogen-bond acceptors (Lipinski definition) is 4. The van der Waals surface area contributed by atoms with Crippen LogP contribution in [-0.4, -0.2) is 53.1 Å². The fourth-order valence-electron chi connectivity index (χ4n) is 5.42. The first-order valence-electron chi connectivity index (χ1n) is 16.9. The molecule has 3 aliphatic rings. The second-order valence-corrected chi connectivity index (χ2v) is 12.4. The average Bonchev–Trinajstić information content (AvgIpc) is 3.37. The number of ether oxygens (including phenoxy) is 1. The molecule has 2 heterocycles. The van der Waals surface area contributed by atoms with Gasteiger partial charge in [-0.2, -0.15) is 0 Å². The van der Waals surface area contributed by atoms with Crippen LogP contribution in [0.3, 0.4) is 0 Å². The summed E-state index contributed by atoms with van der Waals surface area (Å²) >= 11 is 0. The lowest BCUT2D eigenvalue weighted by atomic mass is 9.89. The number of carbonyl (C=O) groups excluding carboxylic acids is 3.